The number of alkyl halides is 1. The molecule has 16 nitrogen and oxygen atoms in total. The van der Waals surface area contributed by atoms with Gasteiger partial charge in [0.15, 0.2) is 16.6 Å². The van der Waals surface area contributed by atoms with E-state index in [1.54, 1.807) is 0 Å². The molecule has 0 aromatic carbocycles. The number of nitrogens with one attached hydrogen (secondary N) is 1. The van der Waals surface area contributed by atoms with Gasteiger partial charge in [0.1, 0.15) is 18.9 Å². The monoisotopic (exact) mass is 532 g/mol. The van der Waals surface area contributed by atoms with E-state index in [-0.39, 0.29) is 4.77 Å². The Balaban J connectivity index is 2.21. The van der Waals surface area contributed by atoms with Gasteiger partial charge in [-0.2, -0.15) is 8.62 Å². The van der Waals surface area contributed by atoms with E-state index >= 15 is 0 Å². The molecule has 6 atom stereocenters. The van der Waals surface area contributed by atoms with Gasteiger partial charge < -0.3 is 34.5 Å². The molecule has 31 heavy (non-hydrogen) atoms. The van der Waals surface area contributed by atoms with Crippen LogP contribution in [-0.2, 0) is 31.6 Å². The normalized spacial score (nSPS) is 30.6. The third-order valence-electron chi connectivity index (χ3n) is 3.75. The summed E-state index contributed by atoms with van der Waals surface area (Å²) in [6, 6.07) is 0.972. The summed E-state index contributed by atoms with van der Waals surface area (Å²) in [5, 5.41) is 20.4. The van der Waals surface area contributed by atoms with E-state index in [9.17, 15) is 38.0 Å². The van der Waals surface area contributed by atoms with Gasteiger partial charge in [-0.25, -0.2) is 18.1 Å². The van der Waals surface area contributed by atoms with Crippen molar-refractivity contribution in [3.63, 3.8) is 0 Å². The molecule has 7 N–H and O–H groups in total. The first-order chi connectivity index (χ1) is 14.0. The summed E-state index contributed by atoms with van der Waals surface area (Å²) in [5.74, 6) is 0. The number of aliphatic hydroxyl groups excluding tert-OH is 2. The van der Waals surface area contributed by atoms with Crippen molar-refractivity contribution < 1.29 is 65.8 Å². The predicted octanol–water partition coefficient (Wildman–Crippen LogP) is -0.792. The fourth-order valence-corrected chi connectivity index (χ4v) is 5.80. The highest BCUT2D eigenvalue weighted by molar-refractivity contribution is 7.71. The van der Waals surface area contributed by atoms with Gasteiger partial charge in [-0.3, -0.25) is 18.9 Å². The zero-order chi connectivity index (χ0) is 23.8. The lowest BCUT2D eigenvalue weighted by atomic mass is 9.98. The molecule has 21 heteroatoms. The number of aromatic nitrogens is 2. The maximum atomic E-state index is 13.8. The number of rotatable bonds is 9. The summed E-state index contributed by atoms with van der Waals surface area (Å²) in [5.41, 5.74) is -3.14. The Hall–Kier alpha value is -0.680. The largest absolute Gasteiger partial charge is 0.490 e. The maximum Gasteiger partial charge on any atom is 0.490 e. The van der Waals surface area contributed by atoms with Gasteiger partial charge in [0, 0.05) is 12.3 Å². The lowest BCUT2D eigenvalue weighted by Gasteiger charge is -2.29. The first kappa shape index (κ1) is 26.6. The highest BCUT2D eigenvalue weighted by Gasteiger charge is 2.56. The molecule has 0 bridgehead atoms. The first-order valence-electron chi connectivity index (χ1n) is 7.71. The summed E-state index contributed by atoms with van der Waals surface area (Å²) in [7, 11) is -17.1. The van der Waals surface area contributed by atoms with Crippen molar-refractivity contribution in [3.05, 3.63) is 27.4 Å². The van der Waals surface area contributed by atoms with Crippen LogP contribution in [0.2, 0.25) is 0 Å². The van der Waals surface area contributed by atoms with E-state index in [4.69, 9.17) is 31.6 Å². The molecule has 0 saturated carbocycles. The van der Waals surface area contributed by atoms with Crippen molar-refractivity contribution in [1.82, 2.24) is 9.55 Å². The van der Waals surface area contributed by atoms with Crippen molar-refractivity contribution in [2.24, 2.45) is 0 Å². The molecule has 1 aromatic heterocycles. The van der Waals surface area contributed by atoms with Crippen LogP contribution in [0.25, 0.3) is 0 Å². The lowest BCUT2D eigenvalue weighted by Crippen LogP contribution is -2.48. The zero-order valence-electron chi connectivity index (χ0n) is 14.8. The number of aliphatic hydroxyl groups is 2. The SMILES string of the molecule is O=c1ccn([C@@H]2O[C@](CF)(COP(=O)(O)OP(=O)(O)OP(=O)(O)O)C(O)[C@@H]2O)c(=S)[nH]1. The zero-order valence-corrected chi connectivity index (χ0v) is 18.3. The second kappa shape index (κ2) is 9.29. The molecule has 2 heterocycles. The second-order valence-corrected chi connectivity index (χ2v) is 10.8. The molecule has 0 aliphatic carbocycles. The molecule has 178 valence electrons. The van der Waals surface area contributed by atoms with Gasteiger partial charge in [-0.15, -0.1) is 0 Å². The highest BCUT2D eigenvalue weighted by atomic mass is 32.1. The molecular formula is C10H16FN2O14P3S. The van der Waals surface area contributed by atoms with Crippen molar-refractivity contribution in [3.8, 4) is 0 Å². The number of aromatic amines is 1. The van der Waals surface area contributed by atoms with E-state index in [0.29, 0.717) is 0 Å². The van der Waals surface area contributed by atoms with Crippen molar-refractivity contribution in [2.75, 3.05) is 13.3 Å². The number of ether oxygens (including phenoxy) is 1. The van der Waals surface area contributed by atoms with Gasteiger partial charge in [0.25, 0.3) is 5.56 Å². The summed E-state index contributed by atoms with van der Waals surface area (Å²) in [4.78, 5) is 49.0. The Kier molecular flexibility index (Phi) is 7.96. The number of H-pyrrole nitrogens is 1. The molecule has 1 aliphatic heterocycles. The number of hydrogen-bond acceptors (Lipinski definition) is 11. The summed E-state index contributed by atoms with van der Waals surface area (Å²) < 4.78 is 64.7. The number of halogens is 1. The average molecular weight is 532 g/mol. The van der Waals surface area contributed by atoms with Crippen LogP contribution in [-0.4, -0.2) is 70.4 Å². The molecular weight excluding hydrogens is 516 g/mol. The standard InChI is InChI=1S/C10H16FN2O14P3S/c11-3-10(4-24-29(20,21)27-30(22,23)26-28(17,18)19)7(16)6(15)8(25-10)13-2-1-5(14)12-9(13)31/h1-2,6-8,15-16H,3-4H2,(H,20,21)(H,22,23)(H,12,14,31)(H2,17,18,19)/t6-,7?,8+,10+/m0/s1. The third kappa shape index (κ3) is 6.66. The molecule has 1 saturated heterocycles. The Morgan fingerprint density at radius 1 is 1.19 bits per heavy atom. The van der Waals surface area contributed by atoms with Crippen LogP contribution in [0.3, 0.4) is 0 Å². The van der Waals surface area contributed by atoms with Gasteiger partial charge in [0.2, 0.25) is 0 Å². The highest BCUT2D eigenvalue weighted by Crippen LogP contribution is 2.66. The van der Waals surface area contributed by atoms with E-state index in [0.717, 1.165) is 16.8 Å². The topological polar surface area (TPSA) is 247 Å². The molecule has 3 unspecified atom stereocenters. The molecule has 0 amide bonds. The summed E-state index contributed by atoms with van der Waals surface area (Å²) in [6.45, 7) is -2.99. The van der Waals surface area contributed by atoms with Crippen molar-refractivity contribution in [2.45, 2.75) is 24.0 Å². The van der Waals surface area contributed by atoms with Crippen LogP contribution < -0.4 is 5.56 Å². The van der Waals surface area contributed by atoms with E-state index in [1.165, 1.54) is 0 Å². The molecule has 0 spiro atoms. The summed E-state index contributed by atoms with van der Waals surface area (Å²) >= 11 is 4.87. The van der Waals surface area contributed by atoms with Crippen LogP contribution >= 0.6 is 35.7 Å². The van der Waals surface area contributed by atoms with Crippen LogP contribution in [0.15, 0.2) is 17.1 Å². The molecule has 2 rings (SSSR count). The van der Waals surface area contributed by atoms with E-state index in [2.05, 4.69) is 18.1 Å². The van der Waals surface area contributed by atoms with Gasteiger partial charge in [-0.05, 0) is 12.2 Å². The van der Waals surface area contributed by atoms with Crippen LogP contribution in [0.1, 0.15) is 6.23 Å². The average Bonchev–Trinajstić information content (AvgIpc) is 2.82. The Bertz CT molecular complexity index is 1070. The number of hydrogen-bond donors (Lipinski definition) is 7. The van der Waals surface area contributed by atoms with Crippen LogP contribution in [0.5, 0.6) is 0 Å². The van der Waals surface area contributed by atoms with Crippen LogP contribution in [0, 0.1) is 4.77 Å². The lowest BCUT2D eigenvalue weighted by molar-refractivity contribution is -0.135. The molecule has 1 fully saturated rings. The smallest absolute Gasteiger partial charge is 0.387 e. The van der Waals surface area contributed by atoms with E-state index < -0.39 is 66.3 Å². The minimum absolute atomic E-state index is 0.286. The Morgan fingerprint density at radius 2 is 1.81 bits per heavy atom. The van der Waals surface area contributed by atoms with Crippen molar-refractivity contribution in [1.29, 1.82) is 0 Å². The molecule has 1 aromatic rings. The Labute approximate surface area is 176 Å². The van der Waals surface area contributed by atoms with Gasteiger partial charge in [0.05, 0.1) is 6.61 Å². The molecule has 1 aliphatic rings. The quantitative estimate of drug-likeness (QED) is 0.152. The Morgan fingerprint density at radius 3 is 2.32 bits per heavy atom. The van der Waals surface area contributed by atoms with E-state index in [1.807, 2.05) is 0 Å². The fourth-order valence-electron chi connectivity index (χ4n) is 2.46. The maximum absolute atomic E-state index is 13.8. The van der Waals surface area contributed by atoms with Gasteiger partial charge >= 0.3 is 23.5 Å². The minimum atomic E-state index is -5.83. The second-order valence-electron chi connectivity index (χ2n) is 6.02. The van der Waals surface area contributed by atoms with Gasteiger partial charge in [-0.1, -0.05) is 0 Å². The number of phosphoric ester groups is 1. The number of phosphoric acid groups is 3. The fraction of sp³-hybridized carbons (Fsp3) is 0.600. The predicted molar refractivity (Wildman–Crippen MR) is 96.5 cm³/mol. The molecule has 0 radical (unpaired) electrons. The third-order valence-corrected chi connectivity index (χ3v) is 7.85. The summed E-state index contributed by atoms with van der Waals surface area (Å²) in [6.07, 6.45) is -4.54. The first-order valence-corrected chi connectivity index (χ1v) is 12.6. The van der Waals surface area contributed by atoms with Crippen LogP contribution in [0.4, 0.5) is 4.39 Å². The minimum Gasteiger partial charge on any atom is -0.387 e. The van der Waals surface area contributed by atoms with Crippen molar-refractivity contribution >= 4 is 35.7 Å². The number of nitrogens with zero attached hydrogens (tertiary/aromatic N) is 1.